The number of nitrogens with one attached hydrogen (secondary N) is 1. The van der Waals surface area contributed by atoms with Gasteiger partial charge in [-0.05, 0) is 30.7 Å². The Kier molecular flexibility index (Phi) is 5.03. The third kappa shape index (κ3) is 4.05. The number of aliphatic carboxylic acids is 1. The number of sulfonamides is 1. The Hall–Kier alpha value is -1.91. The number of hydrogen-bond acceptors (Lipinski definition) is 4. The van der Waals surface area contributed by atoms with Gasteiger partial charge in [0.15, 0.2) is 0 Å². The summed E-state index contributed by atoms with van der Waals surface area (Å²) >= 11 is 0. The van der Waals surface area contributed by atoms with E-state index in [0.29, 0.717) is 12.0 Å². The van der Waals surface area contributed by atoms with Gasteiger partial charge < -0.3 is 5.11 Å². The van der Waals surface area contributed by atoms with E-state index in [0.717, 1.165) is 0 Å². The van der Waals surface area contributed by atoms with E-state index in [9.17, 15) is 13.2 Å². The highest BCUT2D eigenvalue weighted by atomic mass is 32.2. The number of carboxylic acids is 1. The third-order valence-electron chi connectivity index (χ3n) is 2.47. The second kappa shape index (κ2) is 6.31. The molecule has 1 rings (SSSR count). The third-order valence-corrected chi connectivity index (χ3v) is 3.95. The lowest BCUT2D eigenvalue weighted by Gasteiger charge is -2.13. The number of benzene rings is 1. The lowest BCUT2D eigenvalue weighted by atomic mass is 10.2. The van der Waals surface area contributed by atoms with E-state index in [1.54, 1.807) is 6.92 Å². The predicted octanol–water partition coefficient (Wildman–Crippen LogP) is 1.09. The normalized spacial score (nSPS) is 12.6. The summed E-state index contributed by atoms with van der Waals surface area (Å²) in [6, 6.07) is 6.00. The van der Waals surface area contributed by atoms with Crippen LogP contribution in [0.15, 0.2) is 29.2 Å². The van der Waals surface area contributed by atoms with Crippen LogP contribution in [-0.4, -0.2) is 25.5 Å². The lowest BCUT2D eigenvalue weighted by molar-refractivity contribution is -0.139. The van der Waals surface area contributed by atoms with Crippen molar-refractivity contribution in [3.63, 3.8) is 0 Å². The Morgan fingerprint density at radius 3 is 2.42 bits per heavy atom. The number of hydrogen-bond donors (Lipinski definition) is 2. The zero-order valence-electron chi connectivity index (χ0n) is 10.3. The van der Waals surface area contributed by atoms with Crippen LogP contribution in [0.25, 0.3) is 0 Å². The summed E-state index contributed by atoms with van der Waals surface area (Å²) < 4.78 is 26.1. The van der Waals surface area contributed by atoms with Crippen molar-refractivity contribution >= 4 is 16.0 Å². The molecule has 1 atom stereocenters. The summed E-state index contributed by atoms with van der Waals surface area (Å²) in [5.74, 6) is -1.21. The van der Waals surface area contributed by atoms with Crippen LogP contribution in [0.1, 0.15) is 25.3 Å². The number of nitriles is 1. The van der Waals surface area contributed by atoms with Crippen LogP contribution >= 0.6 is 0 Å². The van der Waals surface area contributed by atoms with Gasteiger partial charge in [-0.2, -0.15) is 9.98 Å². The molecule has 6 nitrogen and oxygen atoms in total. The molecule has 2 N–H and O–H groups in total. The van der Waals surface area contributed by atoms with Gasteiger partial charge in [0.25, 0.3) is 0 Å². The van der Waals surface area contributed by atoms with Crippen molar-refractivity contribution in [2.24, 2.45) is 0 Å². The van der Waals surface area contributed by atoms with Gasteiger partial charge in [-0.3, -0.25) is 4.79 Å². The van der Waals surface area contributed by atoms with Gasteiger partial charge in [-0.15, -0.1) is 0 Å². The molecule has 0 amide bonds. The maximum atomic E-state index is 12.0. The van der Waals surface area contributed by atoms with Crippen LogP contribution in [0.3, 0.4) is 0 Å². The lowest BCUT2D eigenvalue weighted by Crippen LogP contribution is -2.40. The molecule has 0 spiro atoms. The summed E-state index contributed by atoms with van der Waals surface area (Å²) in [5, 5.41) is 17.6. The molecule has 0 saturated carbocycles. The van der Waals surface area contributed by atoms with Gasteiger partial charge in [0.1, 0.15) is 6.04 Å². The van der Waals surface area contributed by atoms with Crippen LogP contribution in [-0.2, 0) is 14.8 Å². The van der Waals surface area contributed by atoms with E-state index in [-0.39, 0.29) is 11.3 Å². The van der Waals surface area contributed by atoms with Crippen molar-refractivity contribution in [2.45, 2.75) is 30.7 Å². The quantitative estimate of drug-likeness (QED) is 0.812. The molecule has 1 aromatic carbocycles. The zero-order chi connectivity index (χ0) is 14.5. The number of carbonyl (C=O) groups is 1. The van der Waals surface area contributed by atoms with Crippen molar-refractivity contribution in [3.05, 3.63) is 29.8 Å². The highest BCUT2D eigenvalue weighted by molar-refractivity contribution is 7.89. The van der Waals surface area contributed by atoms with E-state index in [1.165, 1.54) is 24.3 Å². The summed E-state index contributed by atoms with van der Waals surface area (Å²) in [5.41, 5.74) is 0.335. The first kappa shape index (κ1) is 15.1. The molecule has 1 aromatic rings. The molecule has 1 unspecified atom stereocenters. The van der Waals surface area contributed by atoms with Gasteiger partial charge in [-0.25, -0.2) is 8.42 Å². The minimum absolute atomic E-state index is 0.0612. The predicted molar refractivity (Wildman–Crippen MR) is 67.8 cm³/mol. The maximum Gasteiger partial charge on any atom is 0.321 e. The second-order valence-electron chi connectivity index (χ2n) is 3.94. The molecular formula is C12H14N2O4S. The first-order valence-electron chi connectivity index (χ1n) is 5.66. The molecule has 0 aliphatic heterocycles. The highest BCUT2D eigenvalue weighted by Gasteiger charge is 2.24. The van der Waals surface area contributed by atoms with Gasteiger partial charge in [0.05, 0.1) is 16.5 Å². The molecule has 0 aromatic heterocycles. The van der Waals surface area contributed by atoms with Crippen molar-refractivity contribution < 1.29 is 18.3 Å². The molecule has 0 radical (unpaired) electrons. The first-order chi connectivity index (χ1) is 8.90. The SMILES string of the molecule is CCCC(NS(=O)(=O)c1ccc(C#N)cc1)C(=O)O. The molecule has 0 aliphatic carbocycles. The molecule has 0 bridgehead atoms. The molecular weight excluding hydrogens is 268 g/mol. The molecule has 0 aliphatic rings. The van der Waals surface area contributed by atoms with Crippen molar-refractivity contribution in [3.8, 4) is 6.07 Å². The first-order valence-corrected chi connectivity index (χ1v) is 7.14. The fraction of sp³-hybridized carbons (Fsp3) is 0.333. The van der Waals surface area contributed by atoms with Gasteiger partial charge in [0, 0.05) is 0 Å². The minimum atomic E-state index is -3.89. The monoisotopic (exact) mass is 282 g/mol. The fourth-order valence-electron chi connectivity index (χ4n) is 1.49. The topological polar surface area (TPSA) is 107 Å². The molecule has 102 valence electrons. The largest absolute Gasteiger partial charge is 0.480 e. The van der Waals surface area contributed by atoms with E-state index >= 15 is 0 Å². The summed E-state index contributed by atoms with van der Waals surface area (Å²) in [6.45, 7) is 1.77. The van der Waals surface area contributed by atoms with Gasteiger partial charge in [0.2, 0.25) is 10.0 Å². The molecule has 0 saturated heterocycles. The van der Waals surface area contributed by atoms with Crippen LogP contribution in [0.4, 0.5) is 0 Å². The number of rotatable bonds is 6. The van der Waals surface area contributed by atoms with E-state index < -0.39 is 22.0 Å². The molecule has 7 heteroatoms. The van der Waals surface area contributed by atoms with Crippen LogP contribution < -0.4 is 4.72 Å². The molecule has 19 heavy (non-hydrogen) atoms. The number of nitrogens with zero attached hydrogens (tertiary/aromatic N) is 1. The maximum absolute atomic E-state index is 12.0. The van der Waals surface area contributed by atoms with Crippen molar-refractivity contribution in [2.75, 3.05) is 0 Å². The second-order valence-corrected chi connectivity index (χ2v) is 5.65. The van der Waals surface area contributed by atoms with E-state index in [2.05, 4.69) is 4.72 Å². The van der Waals surface area contributed by atoms with E-state index in [1.807, 2.05) is 6.07 Å². The average molecular weight is 282 g/mol. The standard InChI is InChI=1S/C12H14N2O4S/c1-2-3-11(12(15)16)14-19(17,18)10-6-4-9(8-13)5-7-10/h4-7,11,14H,2-3H2,1H3,(H,15,16). The Balaban J connectivity index is 2.96. The highest BCUT2D eigenvalue weighted by Crippen LogP contribution is 2.11. The van der Waals surface area contributed by atoms with Crippen LogP contribution in [0, 0.1) is 11.3 Å². The Morgan fingerprint density at radius 1 is 1.42 bits per heavy atom. The average Bonchev–Trinajstić information content (AvgIpc) is 2.38. The molecule has 0 heterocycles. The van der Waals surface area contributed by atoms with Gasteiger partial charge >= 0.3 is 5.97 Å². The Labute approximate surface area is 111 Å². The Bertz CT molecular complexity index is 587. The smallest absolute Gasteiger partial charge is 0.321 e. The summed E-state index contributed by atoms with van der Waals surface area (Å²) in [7, 11) is -3.89. The molecule has 0 fully saturated rings. The van der Waals surface area contributed by atoms with Gasteiger partial charge in [-0.1, -0.05) is 13.3 Å². The number of carboxylic acid groups (broad SMARTS) is 1. The fourth-order valence-corrected chi connectivity index (χ4v) is 2.71. The summed E-state index contributed by atoms with van der Waals surface area (Å²) in [6.07, 6.45) is 0.762. The van der Waals surface area contributed by atoms with Crippen LogP contribution in [0.5, 0.6) is 0 Å². The van der Waals surface area contributed by atoms with E-state index in [4.69, 9.17) is 10.4 Å². The summed E-state index contributed by atoms with van der Waals surface area (Å²) in [4.78, 5) is 10.9. The van der Waals surface area contributed by atoms with Crippen molar-refractivity contribution in [1.82, 2.24) is 4.72 Å². The van der Waals surface area contributed by atoms with Crippen LogP contribution in [0.2, 0.25) is 0 Å². The van der Waals surface area contributed by atoms with Crippen molar-refractivity contribution in [1.29, 1.82) is 5.26 Å². The Morgan fingerprint density at radius 2 is 2.00 bits per heavy atom. The zero-order valence-corrected chi connectivity index (χ0v) is 11.1. The minimum Gasteiger partial charge on any atom is -0.480 e.